The van der Waals surface area contributed by atoms with Crippen LogP contribution >= 0.6 is 0 Å². The van der Waals surface area contributed by atoms with Gasteiger partial charge in [0.15, 0.2) is 12.4 Å². The second-order valence-electron chi connectivity index (χ2n) is 20.3. The van der Waals surface area contributed by atoms with E-state index in [2.05, 4.69) is 111 Å². The first kappa shape index (κ1) is 70.3. The highest BCUT2D eigenvalue weighted by atomic mass is 16.7. The van der Waals surface area contributed by atoms with E-state index in [1.54, 1.807) is 6.08 Å². The van der Waals surface area contributed by atoms with Gasteiger partial charge in [-0.25, -0.2) is 0 Å². The zero-order chi connectivity index (χ0) is 55.4. The summed E-state index contributed by atoms with van der Waals surface area (Å²) >= 11 is 0. The van der Waals surface area contributed by atoms with Crippen molar-refractivity contribution in [1.82, 2.24) is 5.32 Å². The maximum atomic E-state index is 13.4. The van der Waals surface area contributed by atoms with Crippen LogP contribution in [0, 0.1) is 0 Å². The van der Waals surface area contributed by atoms with E-state index in [9.17, 15) is 35.1 Å². The fraction of sp³-hybridized carbons (Fsp3) is 0.692. The molecule has 76 heavy (non-hydrogen) atoms. The lowest BCUT2D eigenvalue weighted by Crippen LogP contribution is -2.61. The molecule has 0 aliphatic carbocycles. The Morgan fingerprint density at radius 3 is 1.45 bits per heavy atom. The molecule has 11 nitrogen and oxygen atoms in total. The van der Waals surface area contributed by atoms with Crippen molar-refractivity contribution >= 4 is 11.9 Å². The first-order chi connectivity index (χ1) is 37.2. The maximum Gasteiger partial charge on any atom is 0.306 e. The molecular formula is C65H109NO10. The summed E-state index contributed by atoms with van der Waals surface area (Å²) in [5.41, 5.74) is 0. The van der Waals surface area contributed by atoms with Gasteiger partial charge in [-0.05, 0) is 103 Å². The van der Waals surface area contributed by atoms with Crippen molar-refractivity contribution in [2.24, 2.45) is 0 Å². The van der Waals surface area contributed by atoms with Crippen molar-refractivity contribution < 1.29 is 49.3 Å². The number of amides is 1. The molecule has 0 bridgehead atoms. The van der Waals surface area contributed by atoms with Crippen molar-refractivity contribution in [2.75, 3.05) is 13.2 Å². The highest BCUT2D eigenvalue weighted by Crippen LogP contribution is 2.26. The van der Waals surface area contributed by atoms with E-state index in [1.807, 2.05) is 18.2 Å². The predicted molar refractivity (Wildman–Crippen MR) is 315 cm³/mol. The molecule has 6 N–H and O–H groups in total. The number of hydrogen-bond donors (Lipinski definition) is 6. The number of unbranched alkanes of at least 4 members (excludes halogenated alkanes) is 19. The third kappa shape index (κ3) is 39.6. The summed E-state index contributed by atoms with van der Waals surface area (Å²) in [5.74, 6) is -1.28. The van der Waals surface area contributed by atoms with Crippen LogP contribution in [0.1, 0.15) is 226 Å². The molecule has 1 heterocycles. The zero-order valence-electron chi connectivity index (χ0n) is 47.8. The molecular weight excluding hydrogens is 955 g/mol. The lowest BCUT2D eigenvalue weighted by molar-refractivity contribution is -0.305. The average molecular weight is 1060 g/mol. The summed E-state index contributed by atoms with van der Waals surface area (Å²) in [6.45, 7) is 5.58. The summed E-state index contributed by atoms with van der Waals surface area (Å²) in [6.07, 6.45) is 59.9. The van der Waals surface area contributed by atoms with Crippen molar-refractivity contribution in [1.29, 1.82) is 0 Å². The molecule has 0 aromatic heterocycles. The van der Waals surface area contributed by atoms with Crippen molar-refractivity contribution in [3.05, 3.63) is 109 Å². The number of rotatable bonds is 49. The molecule has 8 atom stereocenters. The molecule has 1 aliphatic heterocycles. The Hall–Kier alpha value is -3.68. The Labute approximate surface area is 462 Å². The Balaban J connectivity index is 2.75. The number of allylic oxidation sites excluding steroid dienone is 17. The summed E-state index contributed by atoms with van der Waals surface area (Å²) in [4.78, 5) is 26.5. The Bertz CT molecular complexity index is 1650. The second kappa shape index (κ2) is 52.0. The molecule has 0 saturated carbocycles. The van der Waals surface area contributed by atoms with Gasteiger partial charge in [-0.3, -0.25) is 9.59 Å². The van der Waals surface area contributed by atoms with Gasteiger partial charge in [0, 0.05) is 6.42 Å². The zero-order valence-corrected chi connectivity index (χ0v) is 47.8. The largest absolute Gasteiger partial charge is 0.454 e. The monoisotopic (exact) mass is 1060 g/mol. The quantitative estimate of drug-likeness (QED) is 0.0195. The molecule has 8 unspecified atom stereocenters. The number of aliphatic hydroxyl groups excluding tert-OH is 5. The van der Waals surface area contributed by atoms with Gasteiger partial charge >= 0.3 is 5.97 Å². The third-order valence-electron chi connectivity index (χ3n) is 13.4. The fourth-order valence-corrected chi connectivity index (χ4v) is 8.63. The molecule has 1 aliphatic rings. The van der Waals surface area contributed by atoms with Crippen LogP contribution in [0.5, 0.6) is 0 Å². The molecule has 0 aromatic carbocycles. The number of hydrogen-bond acceptors (Lipinski definition) is 10. The fourth-order valence-electron chi connectivity index (χ4n) is 8.63. The van der Waals surface area contributed by atoms with Crippen LogP contribution < -0.4 is 5.32 Å². The molecule has 0 radical (unpaired) electrons. The first-order valence-electron chi connectivity index (χ1n) is 30.2. The van der Waals surface area contributed by atoms with Crippen LogP contribution in [0.3, 0.4) is 0 Å². The van der Waals surface area contributed by atoms with Gasteiger partial charge in [0.05, 0.1) is 25.4 Å². The van der Waals surface area contributed by atoms with Crippen LogP contribution in [-0.4, -0.2) is 99.6 Å². The predicted octanol–water partition coefficient (Wildman–Crippen LogP) is 14.1. The number of carbonyl (C=O) groups excluding carboxylic acids is 2. The van der Waals surface area contributed by atoms with Gasteiger partial charge in [0.1, 0.15) is 24.4 Å². The minimum atomic E-state index is -1.64. The highest BCUT2D eigenvalue weighted by molar-refractivity contribution is 5.80. The molecule has 1 amide bonds. The molecule has 11 heteroatoms. The topological polar surface area (TPSA) is 175 Å². The van der Waals surface area contributed by atoms with Gasteiger partial charge in [-0.1, -0.05) is 226 Å². The van der Waals surface area contributed by atoms with E-state index in [0.717, 1.165) is 109 Å². The molecule has 1 rings (SSSR count). The summed E-state index contributed by atoms with van der Waals surface area (Å²) in [6, 6.07) is -1.06. The average Bonchev–Trinajstić information content (AvgIpc) is 3.42. The van der Waals surface area contributed by atoms with Gasteiger partial charge < -0.3 is 45.1 Å². The molecule has 1 saturated heterocycles. The molecule has 434 valence electrons. The van der Waals surface area contributed by atoms with E-state index in [4.69, 9.17) is 14.2 Å². The van der Waals surface area contributed by atoms with Crippen molar-refractivity contribution in [3.63, 3.8) is 0 Å². The summed E-state index contributed by atoms with van der Waals surface area (Å²) in [7, 11) is 0. The van der Waals surface area contributed by atoms with Crippen molar-refractivity contribution in [3.8, 4) is 0 Å². The number of carbonyl (C=O) groups is 2. The minimum absolute atomic E-state index is 0.0963. The van der Waals surface area contributed by atoms with E-state index >= 15 is 0 Å². The number of esters is 1. The summed E-state index contributed by atoms with van der Waals surface area (Å²) < 4.78 is 17.6. The molecule has 0 spiro atoms. The second-order valence-corrected chi connectivity index (χ2v) is 20.3. The first-order valence-corrected chi connectivity index (χ1v) is 30.2. The Morgan fingerprint density at radius 1 is 0.526 bits per heavy atom. The van der Waals surface area contributed by atoms with E-state index in [1.165, 1.54) is 70.6 Å². The van der Waals surface area contributed by atoms with Crippen LogP contribution in [0.15, 0.2) is 109 Å². The lowest BCUT2D eigenvalue weighted by Gasteiger charge is -2.41. The summed E-state index contributed by atoms with van der Waals surface area (Å²) in [5, 5.41) is 56.8. The standard InChI is InChI=1S/C65H109NO10/c1-4-7-10-13-16-19-22-25-27-29-30-31-33-35-38-41-44-47-50-53-60(70)76-63-62(72)61(71)59(54-67)75-65(63)74-55-56(57(68)51-48-45-42-39-36-24-21-18-15-12-9-6-3)66-64(73)58(69)52-49-46-43-40-37-34-32-28-26-23-20-17-14-11-8-5-2/h8,11,16-17,19-20,25-28,30-31,34,37,43,46,48,51,56-59,61-63,65,67-69,71-72H,4-7,9-10,12-15,18,21-24,29,32-33,35-36,38-42,44-45,47,49-50,52-55H2,1-3H3,(H,66,73)/b11-8-,19-16-,20-17-,27-25-,28-26-,31-30-,37-34-,46-43-,51-48+. The SMILES string of the molecule is CC/C=C\C/C=C\C/C=C\C/C=C\C/C=C\CCC(O)C(=O)NC(COC1OC(CO)C(O)C(O)C1OC(=O)CCCCCCCC/C=C\C/C=C\C/C=C\CCCCC)C(O)/C=C/CCCCCCCCCCCC. The van der Waals surface area contributed by atoms with Crippen molar-refractivity contribution in [2.45, 2.75) is 275 Å². The number of nitrogens with one attached hydrogen (secondary N) is 1. The van der Waals surface area contributed by atoms with Gasteiger partial charge in [0.2, 0.25) is 5.91 Å². The van der Waals surface area contributed by atoms with Crippen LogP contribution in [0.4, 0.5) is 0 Å². The normalized spacial score (nSPS) is 19.9. The van der Waals surface area contributed by atoms with E-state index in [-0.39, 0.29) is 19.4 Å². The Morgan fingerprint density at radius 2 is 0.947 bits per heavy atom. The number of ether oxygens (including phenoxy) is 3. The van der Waals surface area contributed by atoms with Crippen LogP contribution in [0.2, 0.25) is 0 Å². The minimum Gasteiger partial charge on any atom is -0.454 e. The van der Waals surface area contributed by atoms with Crippen LogP contribution in [-0.2, 0) is 23.8 Å². The van der Waals surface area contributed by atoms with Crippen LogP contribution in [0.25, 0.3) is 0 Å². The highest BCUT2D eigenvalue weighted by Gasteiger charge is 2.47. The number of aliphatic hydroxyl groups is 5. The van der Waals surface area contributed by atoms with Gasteiger partial charge in [-0.2, -0.15) is 0 Å². The van der Waals surface area contributed by atoms with E-state index in [0.29, 0.717) is 12.8 Å². The van der Waals surface area contributed by atoms with Gasteiger partial charge in [0.25, 0.3) is 0 Å². The maximum absolute atomic E-state index is 13.4. The Kier molecular flexibility index (Phi) is 48.2. The molecule has 1 fully saturated rings. The van der Waals surface area contributed by atoms with Gasteiger partial charge in [-0.15, -0.1) is 0 Å². The van der Waals surface area contributed by atoms with E-state index < -0.39 is 67.4 Å². The lowest BCUT2D eigenvalue weighted by atomic mass is 9.99. The molecule has 0 aromatic rings. The smallest absolute Gasteiger partial charge is 0.306 e. The third-order valence-corrected chi connectivity index (χ3v) is 13.4.